The van der Waals surface area contributed by atoms with Gasteiger partial charge in [-0.15, -0.1) is 0 Å². The molecule has 2 aromatic rings. The van der Waals surface area contributed by atoms with E-state index in [9.17, 15) is 9.18 Å². The zero-order valence-electron chi connectivity index (χ0n) is 13.2. The molecule has 3 rings (SSSR count). The summed E-state index contributed by atoms with van der Waals surface area (Å²) in [6, 6.07) is 7.93. The molecule has 1 saturated heterocycles. The van der Waals surface area contributed by atoms with Crippen molar-refractivity contribution < 1.29 is 18.4 Å². The van der Waals surface area contributed by atoms with Crippen LogP contribution < -0.4 is 0 Å². The smallest absolute Gasteiger partial charge is 0.228 e. The second kappa shape index (κ2) is 6.50. The third-order valence-electron chi connectivity index (χ3n) is 3.80. The minimum atomic E-state index is -0.377. The van der Waals surface area contributed by atoms with Gasteiger partial charge in [0.05, 0.1) is 29.9 Å². The van der Waals surface area contributed by atoms with Gasteiger partial charge in [0, 0.05) is 19.2 Å². The van der Waals surface area contributed by atoms with E-state index in [1.54, 1.807) is 29.2 Å². The molecule has 6 heteroatoms. The van der Waals surface area contributed by atoms with Crippen molar-refractivity contribution in [3.63, 3.8) is 0 Å². The zero-order chi connectivity index (χ0) is 16.4. The molecule has 1 aliphatic heterocycles. The Bertz CT molecular complexity index is 691. The average Bonchev–Trinajstić information content (AvgIpc) is 2.95. The number of amides is 1. The summed E-state index contributed by atoms with van der Waals surface area (Å²) in [4.78, 5) is 14.2. The van der Waals surface area contributed by atoms with Gasteiger partial charge in [0.2, 0.25) is 5.91 Å². The summed E-state index contributed by atoms with van der Waals surface area (Å²) in [5.41, 5.74) is 0.840. The molecule has 2 heterocycles. The molecular weight excluding hydrogens is 299 g/mol. The highest BCUT2D eigenvalue weighted by atomic mass is 19.1. The first-order valence-corrected chi connectivity index (χ1v) is 7.66. The second-order valence-corrected chi connectivity index (χ2v) is 5.90. The van der Waals surface area contributed by atoms with Gasteiger partial charge in [-0.1, -0.05) is 17.3 Å². The van der Waals surface area contributed by atoms with E-state index in [0.29, 0.717) is 30.1 Å². The topological polar surface area (TPSA) is 55.6 Å². The monoisotopic (exact) mass is 318 g/mol. The number of morpholine rings is 1. The van der Waals surface area contributed by atoms with E-state index >= 15 is 0 Å². The minimum Gasteiger partial charge on any atom is -0.372 e. The number of hydrogen-bond acceptors (Lipinski definition) is 4. The predicted octanol–water partition coefficient (Wildman–Crippen LogP) is 2.66. The lowest BCUT2D eigenvalue weighted by molar-refractivity contribution is -0.142. The molecule has 122 valence electrons. The van der Waals surface area contributed by atoms with Crippen LogP contribution in [0, 0.1) is 5.82 Å². The van der Waals surface area contributed by atoms with E-state index in [1.807, 2.05) is 13.8 Å². The molecule has 1 amide bonds. The zero-order valence-corrected chi connectivity index (χ0v) is 13.2. The maximum absolute atomic E-state index is 13.7. The van der Waals surface area contributed by atoms with Crippen molar-refractivity contribution in [2.45, 2.75) is 32.5 Å². The van der Waals surface area contributed by atoms with Crippen LogP contribution in [0.3, 0.4) is 0 Å². The summed E-state index contributed by atoms with van der Waals surface area (Å²) >= 11 is 0. The second-order valence-electron chi connectivity index (χ2n) is 5.90. The van der Waals surface area contributed by atoms with Crippen molar-refractivity contribution in [3.05, 3.63) is 41.8 Å². The molecule has 0 aliphatic carbocycles. The molecule has 5 nitrogen and oxygen atoms in total. The number of nitrogens with zero attached hydrogens (tertiary/aromatic N) is 2. The lowest BCUT2D eigenvalue weighted by Crippen LogP contribution is -2.48. The summed E-state index contributed by atoms with van der Waals surface area (Å²) in [6.45, 7) is 5.03. The average molecular weight is 318 g/mol. The van der Waals surface area contributed by atoms with Crippen LogP contribution in [0.5, 0.6) is 0 Å². The Labute approximate surface area is 134 Å². The largest absolute Gasteiger partial charge is 0.372 e. The molecule has 23 heavy (non-hydrogen) atoms. The normalized spacial score (nSPS) is 21.4. The Morgan fingerprint density at radius 1 is 1.30 bits per heavy atom. The van der Waals surface area contributed by atoms with Gasteiger partial charge in [-0.25, -0.2) is 4.39 Å². The molecule has 0 saturated carbocycles. The summed E-state index contributed by atoms with van der Waals surface area (Å²) in [7, 11) is 0. The van der Waals surface area contributed by atoms with Gasteiger partial charge in [0.1, 0.15) is 5.82 Å². The number of ether oxygens (including phenoxy) is 1. The highest BCUT2D eigenvalue weighted by molar-refractivity contribution is 5.78. The van der Waals surface area contributed by atoms with Crippen LogP contribution in [0.4, 0.5) is 4.39 Å². The first-order chi connectivity index (χ1) is 11.0. The fourth-order valence-corrected chi connectivity index (χ4v) is 2.83. The van der Waals surface area contributed by atoms with Crippen molar-refractivity contribution in [3.8, 4) is 11.3 Å². The number of carbonyl (C=O) groups excluding carboxylic acids is 1. The van der Waals surface area contributed by atoms with Crippen LogP contribution in [0.1, 0.15) is 19.5 Å². The van der Waals surface area contributed by atoms with Crippen molar-refractivity contribution in [2.75, 3.05) is 13.1 Å². The van der Waals surface area contributed by atoms with Gasteiger partial charge >= 0.3 is 0 Å². The molecule has 1 aliphatic rings. The van der Waals surface area contributed by atoms with Crippen molar-refractivity contribution >= 4 is 5.91 Å². The van der Waals surface area contributed by atoms with Crippen LogP contribution in [0.25, 0.3) is 11.3 Å². The Kier molecular flexibility index (Phi) is 4.43. The van der Waals surface area contributed by atoms with Gasteiger partial charge < -0.3 is 14.2 Å². The van der Waals surface area contributed by atoms with Crippen LogP contribution in [0.15, 0.2) is 34.9 Å². The van der Waals surface area contributed by atoms with E-state index < -0.39 is 0 Å². The standard InChI is InChI=1S/C17H19FN2O3/c1-11-9-20(10-12(2)22-11)17(21)8-13-7-16(23-19-13)14-5-3-4-6-15(14)18/h3-7,11-12H,8-10H2,1-2H3. The van der Waals surface area contributed by atoms with Gasteiger partial charge in [0.25, 0.3) is 0 Å². The minimum absolute atomic E-state index is 0.0222. The fraction of sp³-hybridized carbons (Fsp3) is 0.412. The van der Waals surface area contributed by atoms with Gasteiger partial charge in [-0.2, -0.15) is 0 Å². The fourth-order valence-electron chi connectivity index (χ4n) is 2.83. The summed E-state index contributed by atoms with van der Waals surface area (Å²) in [5, 5.41) is 3.89. The number of benzene rings is 1. The molecule has 1 aromatic carbocycles. The van der Waals surface area contributed by atoms with E-state index in [-0.39, 0.29) is 30.4 Å². The predicted molar refractivity (Wildman–Crippen MR) is 82.2 cm³/mol. The lowest BCUT2D eigenvalue weighted by atomic mass is 10.1. The quantitative estimate of drug-likeness (QED) is 0.873. The van der Waals surface area contributed by atoms with E-state index in [4.69, 9.17) is 9.26 Å². The summed E-state index contributed by atoms with van der Waals surface area (Å²) in [5.74, 6) is -0.0765. The number of hydrogen-bond donors (Lipinski definition) is 0. The molecule has 2 unspecified atom stereocenters. The first kappa shape index (κ1) is 15.7. The number of aromatic nitrogens is 1. The molecule has 0 bridgehead atoms. The van der Waals surface area contributed by atoms with Gasteiger partial charge in [0.15, 0.2) is 5.76 Å². The molecule has 0 N–H and O–H groups in total. The molecule has 1 fully saturated rings. The number of rotatable bonds is 3. The lowest BCUT2D eigenvalue weighted by Gasteiger charge is -2.35. The van der Waals surface area contributed by atoms with Crippen LogP contribution in [-0.4, -0.2) is 41.3 Å². The summed E-state index contributed by atoms with van der Waals surface area (Å²) in [6.07, 6.45) is 0.181. The van der Waals surface area contributed by atoms with Crippen LogP contribution in [-0.2, 0) is 16.0 Å². The maximum Gasteiger partial charge on any atom is 0.228 e. The Balaban J connectivity index is 1.69. The molecule has 2 atom stereocenters. The molecule has 0 spiro atoms. The van der Waals surface area contributed by atoms with E-state index in [2.05, 4.69) is 5.16 Å². The van der Waals surface area contributed by atoms with Crippen LogP contribution in [0.2, 0.25) is 0 Å². The van der Waals surface area contributed by atoms with Crippen molar-refractivity contribution in [1.82, 2.24) is 10.1 Å². The highest BCUT2D eigenvalue weighted by Gasteiger charge is 2.26. The number of carbonyl (C=O) groups is 1. The SMILES string of the molecule is CC1CN(C(=O)Cc2cc(-c3ccccc3F)on2)CC(C)O1. The van der Waals surface area contributed by atoms with Crippen molar-refractivity contribution in [1.29, 1.82) is 0 Å². The Hall–Kier alpha value is -2.21. The molecule has 0 radical (unpaired) electrons. The van der Waals surface area contributed by atoms with Gasteiger partial charge in [-0.05, 0) is 26.0 Å². The molecular formula is C17H19FN2O3. The first-order valence-electron chi connectivity index (χ1n) is 7.66. The highest BCUT2D eigenvalue weighted by Crippen LogP contribution is 2.23. The van der Waals surface area contributed by atoms with Gasteiger partial charge in [-0.3, -0.25) is 4.79 Å². The number of halogens is 1. The van der Waals surface area contributed by atoms with E-state index in [1.165, 1.54) is 6.07 Å². The van der Waals surface area contributed by atoms with Crippen molar-refractivity contribution in [2.24, 2.45) is 0 Å². The maximum atomic E-state index is 13.7. The van der Waals surface area contributed by atoms with E-state index in [0.717, 1.165) is 0 Å². The molecule has 1 aromatic heterocycles. The Morgan fingerprint density at radius 3 is 2.70 bits per heavy atom. The third-order valence-corrected chi connectivity index (χ3v) is 3.80. The van der Waals surface area contributed by atoms with Crippen LogP contribution >= 0.6 is 0 Å². The summed E-state index contributed by atoms with van der Waals surface area (Å²) < 4.78 is 24.5. The Morgan fingerprint density at radius 2 is 2.00 bits per heavy atom. The third kappa shape index (κ3) is 3.59.